The molecule has 1 aliphatic heterocycles. The first kappa shape index (κ1) is 20.3. The number of benzene rings is 2. The zero-order valence-corrected chi connectivity index (χ0v) is 17.5. The molecule has 1 saturated heterocycles. The lowest BCUT2D eigenvalue weighted by Crippen LogP contribution is -2.38. The van der Waals surface area contributed by atoms with Crippen molar-refractivity contribution in [2.24, 2.45) is 5.73 Å². The summed E-state index contributed by atoms with van der Waals surface area (Å²) in [6.07, 6.45) is 1.64. The average molecular weight is 433 g/mol. The molecule has 8 nitrogen and oxygen atoms in total. The van der Waals surface area contributed by atoms with Gasteiger partial charge in [-0.1, -0.05) is 18.2 Å². The van der Waals surface area contributed by atoms with Crippen molar-refractivity contribution >= 4 is 27.8 Å². The molecule has 4 aromatic rings. The third-order valence-electron chi connectivity index (χ3n) is 5.47. The molecule has 3 heterocycles. The molecular formula is C24H23N3O5. The van der Waals surface area contributed by atoms with Crippen molar-refractivity contribution in [2.45, 2.75) is 0 Å². The van der Waals surface area contributed by atoms with E-state index in [-0.39, 0.29) is 11.5 Å². The number of ether oxygens (including phenoxy) is 3. The summed E-state index contributed by atoms with van der Waals surface area (Å²) in [5.41, 5.74) is 7.05. The van der Waals surface area contributed by atoms with Crippen LogP contribution in [-0.4, -0.2) is 55.2 Å². The Labute approximate surface area is 184 Å². The normalized spacial score (nSPS) is 14.6. The molecule has 2 N–H and O–H groups in total. The van der Waals surface area contributed by atoms with Crippen LogP contribution in [0, 0.1) is 0 Å². The Bertz CT molecular complexity index is 1260. The molecule has 5 rings (SSSR count). The minimum atomic E-state index is -0.612. The summed E-state index contributed by atoms with van der Waals surface area (Å²) < 4.78 is 23.1. The molecule has 0 bridgehead atoms. The Hall–Kier alpha value is -3.62. The van der Waals surface area contributed by atoms with Crippen molar-refractivity contribution in [3.8, 4) is 17.4 Å². The van der Waals surface area contributed by atoms with E-state index in [1.165, 1.54) is 0 Å². The Balaban J connectivity index is 1.37. The number of hydrogen-bond donors (Lipinski definition) is 1. The van der Waals surface area contributed by atoms with Crippen LogP contribution in [0.15, 0.2) is 59.1 Å². The molecule has 1 amide bonds. The number of rotatable bonds is 7. The number of aromatic nitrogens is 1. The quantitative estimate of drug-likeness (QED) is 0.475. The van der Waals surface area contributed by atoms with Gasteiger partial charge >= 0.3 is 5.95 Å². The number of carbonyl (C=O) groups excluding carboxylic acids is 1. The standard InChI is InChI=1S/C24H23N3O5/c25-23(28)22-18-3-1-2-4-20(18)31-24(22)32-21-7-8-26-19-15-16(5-6-17(19)21)30-14-11-27-9-12-29-13-10-27/h1-8,15H,9-14H2,(H2,25,28). The van der Waals surface area contributed by atoms with Crippen molar-refractivity contribution < 1.29 is 23.4 Å². The van der Waals surface area contributed by atoms with Crippen molar-refractivity contribution in [2.75, 3.05) is 39.5 Å². The summed E-state index contributed by atoms with van der Waals surface area (Å²) in [7, 11) is 0. The van der Waals surface area contributed by atoms with E-state index in [9.17, 15) is 4.79 Å². The Kier molecular flexibility index (Phi) is 5.62. The third-order valence-corrected chi connectivity index (χ3v) is 5.47. The second-order valence-electron chi connectivity index (χ2n) is 7.52. The van der Waals surface area contributed by atoms with E-state index in [4.69, 9.17) is 24.4 Å². The maximum absolute atomic E-state index is 12.1. The molecule has 1 fully saturated rings. The average Bonchev–Trinajstić information content (AvgIpc) is 3.18. The van der Waals surface area contributed by atoms with Crippen LogP contribution in [-0.2, 0) is 4.74 Å². The zero-order valence-electron chi connectivity index (χ0n) is 17.5. The summed E-state index contributed by atoms with van der Waals surface area (Å²) in [6, 6.07) is 14.5. The Morgan fingerprint density at radius 1 is 1.09 bits per heavy atom. The van der Waals surface area contributed by atoms with Crippen LogP contribution >= 0.6 is 0 Å². The number of pyridine rings is 1. The largest absolute Gasteiger partial charge is 0.492 e. The van der Waals surface area contributed by atoms with Gasteiger partial charge in [-0.25, -0.2) is 0 Å². The maximum atomic E-state index is 12.1. The lowest BCUT2D eigenvalue weighted by Gasteiger charge is -2.26. The van der Waals surface area contributed by atoms with Gasteiger partial charge in [-0.05, 0) is 24.3 Å². The topological polar surface area (TPSA) is 100 Å². The summed E-state index contributed by atoms with van der Waals surface area (Å²) in [5, 5.41) is 1.38. The van der Waals surface area contributed by atoms with Crippen molar-refractivity contribution in [1.82, 2.24) is 9.88 Å². The fourth-order valence-corrected chi connectivity index (χ4v) is 3.83. The lowest BCUT2D eigenvalue weighted by atomic mass is 10.1. The van der Waals surface area contributed by atoms with Crippen molar-refractivity contribution in [3.63, 3.8) is 0 Å². The molecule has 2 aromatic heterocycles. The van der Waals surface area contributed by atoms with Crippen LogP contribution < -0.4 is 15.2 Å². The first-order valence-corrected chi connectivity index (χ1v) is 10.5. The van der Waals surface area contributed by atoms with E-state index in [2.05, 4.69) is 9.88 Å². The molecule has 0 aliphatic carbocycles. The zero-order chi connectivity index (χ0) is 21.9. The number of nitrogens with two attached hydrogens (primary N) is 1. The van der Waals surface area contributed by atoms with Gasteiger partial charge in [0.25, 0.3) is 5.91 Å². The number of primary amides is 1. The summed E-state index contributed by atoms with van der Waals surface area (Å²) in [6.45, 7) is 4.83. The number of amides is 1. The number of nitrogens with zero attached hydrogens (tertiary/aromatic N) is 2. The molecule has 0 spiro atoms. The molecule has 164 valence electrons. The Morgan fingerprint density at radius 3 is 2.78 bits per heavy atom. The fourth-order valence-electron chi connectivity index (χ4n) is 3.83. The highest BCUT2D eigenvalue weighted by atomic mass is 16.6. The van der Waals surface area contributed by atoms with E-state index in [0.717, 1.165) is 44.0 Å². The molecule has 32 heavy (non-hydrogen) atoms. The highest BCUT2D eigenvalue weighted by Gasteiger charge is 2.21. The minimum absolute atomic E-state index is 0.0667. The van der Waals surface area contributed by atoms with Crippen LogP contribution in [0.3, 0.4) is 0 Å². The smallest absolute Gasteiger partial charge is 0.304 e. The number of para-hydroxylation sites is 1. The third kappa shape index (κ3) is 4.10. The van der Waals surface area contributed by atoms with Crippen molar-refractivity contribution in [1.29, 1.82) is 0 Å². The number of carbonyl (C=O) groups is 1. The summed E-state index contributed by atoms with van der Waals surface area (Å²) in [5.74, 6) is 0.699. The van der Waals surface area contributed by atoms with Gasteiger partial charge in [0.05, 0.1) is 18.7 Å². The lowest BCUT2D eigenvalue weighted by molar-refractivity contribution is 0.0322. The molecule has 0 atom stereocenters. The number of morpholine rings is 1. The van der Waals surface area contributed by atoms with Gasteiger partial charge in [0.1, 0.15) is 29.3 Å². The van der Waals surface area contributed by atoms with Gasteiger partial charge in [0.15, 0.2) is 0 Å². The highest BCUT2D eigenvalue weighted by molar-refractivity contribution is 6.07. The molecule has 0 unspecified atom stereocenters. The van der Waals surface area contributed by atoms with Crippen LogP contribution in [0.5, 0.6) is 17.4 Å². The number of fused-ring (bicyclic) bond motifs is 2. The molecule has 8 heteroatoms. The van der Waals surface area contributed by atoms with Crippen molar-refractivity contribution in [3.05, 3.63) is 60.3 Å². The van der Waals surface area contributed by atoms with Crippen LogP contribution in [0.2, 0.25) is 0 Å². The van der Waals surface area contributed by atoms with Gasteiger partial charge in [0.2, 0.25) is 0 Å². The Morgan fingerprint density at radius 2 is 1.94 bits per heavy atom. The maximum Gasteiger partial charge on any atom is 0.304 e. The van der Waals surface area contributed by atoms with Crippen LogP contribution in [0.1, 0.15) is 10.4 Å². The van der Waals surface area contributed by atoms with Gasteiger partial charge in [-0.3, -0.25) is 14.7 Å². The van der Waals surface area contributed by atoms with Gasteiger partial charge in [-0.15, -0.1) is 0 Å². The molecule has 1 aliphatic rings. The van der Waals surface area contributed by atoms with E-state index in [0.29, 0.717) is 28.8 Å². The summed E-state index contributed by atoms with van der Waals surface area (Å²) in [4.78, 5) is 18.8. The second kappa shape index (κ2) is 8.86. The van der Waals surface area contributed by atoms with Gasteiger partial charge in [0, 0.05) is 42.7 Å². The SMILES string of the molecule is NC(=O)c1c(Oc2ccnc3cc(OCCN4CCOCC4)ccc23)oc2ccccc12. The first-order valence-electron chi connectivity index (χ1n) is 10.5. The fraction of sp³-hybridized carbons (Fsp3) is 0.250. The molecular weight excluding hydrogens is 410 g/mol. The monoisotopic (exact) mass is 433 g/mol. The predicted octanol–water partition coefficient (Wildman–Crippen LogP) is 3.58. The molecule has 0 saturated carbocycles. The summed E-state index contributed by atoms with van der Waals surface area (Å²) >= 11 is 0. The molecule has 0 radical (unpaired) electrons. The van der Waals surface area contributed by atoms with Crippen LogP contribution in [0.25, 0.3) is 21.9 Å². The van der Waals surface area contributed by atoms with E-state index in [1.54, 1.807) is 24.4 Å². The van der Waals surface area contributed by atoms with Gasteiger partial charge in [-0.2, -0.15) is 0 Å². The first-order chi connectivity index (χ1) is 15.7. The number of furan rings is 1. The van der Waals surface area contributed by atoms with E-state index >= 15 is 0 Å². The van der Waals surface area contributed by atoms with E-state index < -0.39 is 5.91 Å². The second-order valence-corrected chi connectivity index (χ2v) is 7.52. The minimum Gasteiger partial charge on any atom is -0.492 e. The van der Waals surface area contributed by atoms with E-state index in [1.807, 2.05) is 30.3 Å². The van der Waals surface area contributed by atoms with Gasteiger partial charge < -0.3 is 24.4 Å². The number of hydrogen-bond acceptors (Lipinski definition) is 7. The predicted molar refractivity (Wildman–Crippen MR) is 119 cm³/mol. The highest BCUT2D eigenvalue weighted by Crippen LogP contribution is 2.37. The van der Waals surface area contributed by atoms with Crippen LogP contribution in [0.4, 0.5) is 0 Å². The molecule has 2 aromatic carbocycles.